The zero-order valence-electron chi connectivity index (χ0n) is 11.6. The molecule has 1 aromatic heterocycles. The van der Waals surface area contributed by atoms with Gasteiger partial charge < -0.3 is 10.2 Å². The second kappa shape index (κ2) is 6.29. The number of carbonyl (C=O) groups excluding carboxylic acids is 1. The van der Waals surface area contributed by atoms with Crippen LogP contribution in [-0.2, 0) is 17.6 Å². The summed E-state index contributed by atoms with van der Waals surface area (Å²) in [6, 6.07) is 7.94. The number of amides is 1. The maximum Gasteiger partial charge on any atom is 0.322 e. The van der Waals surface area contributed by atoms with Gasteiger partial charge in [0.15, 0.2) is 0 Å². The Bertz CT molecular complexity index is 577. The number of anilines is 1. The summed E-state index contributed by atoms with van der Waals surface area (Å²) in [5.41, 5.74) is 8.42. The minimum absolute atomic E-state index is 0.0734. The molecule has 0 fully saturated rings. The van der Waals surface area contributed by atoms with E-state index in [9.17, 15) is 4.79 Å². The third kappa shape index (κ3) is 3.64. The van der Waals surface area contributed by atoms with Crippen LogP contribution in [0.25, 0.3) is 0 Å². The number of hydrogen-bond donors (Lipinski definition) is 2. The van der Waals surface area contributed by atoms with Crippen LogP contribution in [0.4, 0.5) is 6.01 Å². The van der Waals surface area contributed by atoms with Gasteiger partial charge in [-0.3, -0.25) is 10.1 Å². The number of carbonyl (C=O) groups is 1. The molecule has 0 aliphatic carbocycles. The van der Waals surface area contributed by atoms with Crippen molar-refractivity contribution in [3.05, 3.63) is 41.3 Å². The molecule has 0 saturated carbocycles. The molecule has 0 spiro atoms. The maximum absolute atomic E-state index is 10.9. The van der Waals surface area contributed by atoms with Crippen molar-refractivity contribution in [2.75, 3.05) is 5.32 Å². The molecule has 0 saturated heterocycles. The first-order valence-electron chi connectivity index (χ1n) is 6.53. The van der Waals surface area contributed by atoms with Gasteiger partial charge in [0.25, 0.3) is 0 Å². The lowest BCUT2D eigenvalue weighted by atomic mass is 10.0. The largest absolute Gasteiger partial charge is 0.406 e. The highest BCUT2D eigenvalue weighted by atomic mass is 16.4. The smallest absolute Gasteiger partial charge is 0.322 e. The van der Waals surface area contributed by atoms with Gasteiger partial charge in [0.1, 0.15) is 0 Å². The van der Waals surface area contributed by atoms with Gasteiger partial charge in [0.2, 0.25) is 11.8 Å². The molecule has 2 rings (SSSR count). The standard InChI is InChI=1S/C14H18N4O2/c1-3-10-4-6-11(7-5-10)8-12(15)13-17-18-14(20-13)16-9(2)19/h4-7,12H,3,8,15H2,1-2H3,(H,16,18,19)/t12-/m0/s1. The summed E-state index contributed by atoms with van der Waals surface area (Å²) in [6.07, 6.45) is 1.61. The monoisotopic (exact) mass is 274 g/mol. The van der Waals surface area contributed by atoms with Crippen LogP contribution in [0.3, 0.4) is 0 Å². The van der Waals surface area contributed by atoms with E-state index in [0.29, 0.717) is 12.3 Å². The molecule has 1 aromatic carbocycles. The third-order valence-electron chi connectivity index (χ3n) is 2.93. The van der Waals surface area contributed by atoms with E-state index in [-0.39, 0.29) is 11.9 Å². The molecule has 1 atom stereocenters. The number of aryl methyl sites for hydroxylation is 1. The normalized spacial score (nSPS) is 12.2. The lowest BCUT2D eigenvalue weighted by Gasteiger charge is -2.07. The van der Waals surface area contributed by atoms with Crippen LogP contribution in [0.1, 0.15) is 36.9 Å². The molecule has 0 unspecified atom stereocenters. The Balaban J connectivity index is 2.01. The third-order valence-corrected chi connectivity index (χ3v) is 2.93. The highest BCUT2D eigenvalue weighted by Gasteiger charge is 2.15. The van der Waals surface area contributed by atoms with Crippen LogP contribution in [0.2, 0.25) is 0 Å². The molecule has 1 amide bonds. The molecule has 6 heteroatoms. The van der Waals surface area contributed by atoms with Crippen molar-refractivity contribution < 1.29 is 9.21 Å². The van der Waals surface area contributed by atoms with Crippen LogP contribution in [-0.4, -0.2) is 16.1 Å². The molecule has 0 aliphatic rings. The van der Waals surface area contributed by atoms with Crippen LogP contribution < -0.4 is 11.1 Å². The predicted octanol–water partition coefficient (Wildman–Crippen LogP) is 1.83. The van der Waals surface area contributed by atoms with E-state index in [1.807, 2.05) is 12.1 Å². The predicted molar refractivity (Wildman–Crippen MR) is 75.1 cm³/mol. The summed E-state index contributed by atoms with van der Waals surface area (Å²) in [6.45, 7) is 3.49. The lowest BCUT2D eigenvalue weighted by molar-refractivity contribution is -0.114. The van der Waals surface area contributed by atoms with Crippen LogP contribution in [0, 0.1) is 0 Å². The van der Waals surface area contributed by atoms with Gasteiger partial charge in [-0.15, -0.1) is 5.10 Å². The molecule has 106 valence electrons. The van der Waals surface area contributed by atoms with Gasteiger partial charge in [-0.2, -0.15) is 0 Å². The van der Waals surface area contributed by atoms with Gasteiger partial charge in [-0.1, -0.05) is 36.3 Å². The van der Waals surface area contributed by atoms with E-state index < -0.39 is 6.04 Å². The van der Waals surface area contributed by atoms with Gasteiger partial charge in [-0.05, 0) is 24.0 Å². The summed E-state index contributed by atoms with van der Waals surface area (Å²) in [5.74, 6) is 0.0530. The molecule has 3 N–H and O–H groups in total. The number of hydrogen-bond acceptors (Lipinski definition) is 5. The van der Waals surface area contributed by atoms with E-state index in [0.717, 1.165) is 12.0 Å². The van der Waals surface area contributed by atoms with E-state index in [1.54, 1.807) is 0 Å². The minimum atomic E-state index is -0.391. The number of rotatable bonds is 5. The van der Waals surface area contributed by atoms with E-state index in [2.05, 4.69) is 34.6 Å². The number of nitrogens with zero attached hydrogens (tertiary/aromatic N) is 2. The summed E-state index contributed by atoms with van der Waals surface area (Å²) in [7, 11) is 0. The molecule has 6 nitrogen and oxygen atoms in total. The van der Waals surface area contributed by atoms with Crippen LogP contribution in [0.15, 0.2) is 28.7 Å². The summed E-state index contributed by atoms with van der Waals surface area (Å²) in [5, 5.41) is 9.98. The van der Waals surface area contributed by atoms with E-state index in [4.69, 9.17) is 10.2 Å². The van der Waals surface area contributed by atoms with Crippen molar-refractivity contribution in [2.24, 2.45) is 5.73 Å². The van der Waals surface area contributed by atoms with Crippen molar-refractivity contribution in [1.29, 1.82) is 0 Å². The summed E-state index contributed by atoms with van der Waals surface area (Å²) >= 11 is 0. The molecule has 20 heavy (non-hydrogen) atoms. The van der Waals surface area contributed by atoms with Gasteiger partial charge in [0, 0.05) is 6.92 Å². The summed E-state index contributed by atoms with van der Waals surface area (Å²) < 4.78 is 5.29. The molecular weight excluding hydrogens is 256 g/mol. The average Bonchev–Trinajstić information content (AvgIpc) is 2.87. The Kier molecular flexibility index (Phi) is 4.47. The number of nitrogens with one attached hydrogen (secondary N) is 1. The van der Waals surface area contributed by atoms with Crippen molar-refractivity contribution in [1.82, 2.24) is 10.2 Å². The van der Waals surface area contributed by atoms with Crippen LogP contribution >= 0.6 is 0 Å². The van der Waals surface area contributed by atoms with E-state index in [1.165, 1.54) is 12.5 Å². The fraction of sp³-hybridized carbons (Fsp3) is 0.357. The molecule has 0 bridgehead atoms. The SMILES string of the molecule is CCc1ccc(C[C@H](N)c2nnc(NC(C)=O)o2)cc1. The molecule has 0 aliphatic heterocycles. The Morgan fingerprint density at radius 1 is 1.30 bits per heavy atom. The van der Waals surface area contributed by atoms with Crippen LogP contribution in [0.5, 0.6) is 0 Å². The van der Waals surface area contributed by atoms with Gasteiger partial charge >= 0.3 is 6.01 Å². The first-order valence-corrected chi connectivity index (χ1v) is 6.53. The maximum atomic E-state index is 10.9. The Morgan fingerprint density at radius 2 is 1.95 bits per heavy atom. The average molecular weight is 274 g/mol. The number of nitrogens with two attached hydrogens (primary N) is 1. The second-order valence-electron chi connectivity index (χ2n) is 4.61. The quantitative estimate of drug-likeness (QED) is 0.867. The first kappa shape index (κ1) is 14.2. The Hall–Kier alpha value is -2.21. The van der Waals surface area contributed by atoms with Gasteiger partial charge in [0.05, 0.1) is 6.04 Å². The van der Waals surface area contributed by atoms with Gasteiger partial charge in [-0.25, -0.2) is 0 Å². The topological polar surface area (TPSA) is 94.0 Å². The zero-order chi connectivity index (χ0) is 14.5. The number of aromatic nitrogens is 2. The van der Waals surface area contributed by atoms with Crippen molar-refractivity contribution in [2.45, 2.75) is 32.7 Å². The molecule has 1 heterocycles. The van der Waals surface area contributed by atoms with Crippen molar-refractivity contribution >= 4 is 11.9 Å². The molecule has 2 aromatic rings. The number of benzene rings is 1. The van der Waals surface area contributed by atoms with Crippen molar-refractivity contribution in [3.63, 3.8) is 0 Å². The van der Waals surface area contributed by atoms with Crippen molar-refractivity contribution in [3.8, 4) is 0 Å². The summed E-state index contributed by atoms with van der Waals surface area (Å²) in [4.78, 5) is 10.9. The molecule has 0 radical (unpaired) electrons. The second-order valence-corrected chi connectivity index (χ2v) is 4.61. The zero-order valence-corrected chi connectivity index (χ0v) is 11.6. The van der Waals surface area contributed by atoms with E-state index >= 15 is 0 Å². The Labute approximate surface area is 117 Å². The lowest BCUT2D eigenvalue weighted by Crippen LogP contribution is -2.13. The fourth-order valence-electron chi connectivity index (χ4n) is 1.84. The first-order chi connectivity index (χ1) is 9.58. The molecular formula is C14H18N4O2. The minimum Gasteiger partial charge on any atom is -0.406 e. The Morgan fingerprint density at radius 3 is 2.55 bits per heavy atom. The fourth-order valence-corrected chi connectivity index (χ4v) is 1.84. The highest BCUT2D eigenvalue weighted by Crippen LogP contribution is 2.17. The highest BCUT2D eigenvalue weighted by molar-refractivity contribution is 5.86.